The second-order valence-corrected chi connectivity index (χ2v) is 4.08. The zero-order valence-electron chi connectivity index (χ0n) is 9.66. The summed E-state index contributed by atoms with van der Waals surface area (Å²) < 4.78 is 18.6. The molecule has 16 heavy (non-hydrogen) atoms. The third-order valence-corrected chi connectivity index (χ3v) is 3.01. The Morgan fingerprint density at radius 2 is 2.38 bits per heavy atom. The van der Waals surface area contributed by atoms with Crippen LogP contribution in [0.4, 0.5) is 10.1 Å². The van der Waals surface area contributed by atoms with Crippen LogP contribution in [-0.2, 0) is 0 Å². The second-order valence-electron chi connectivity index (χ2n) is 4.08. The minimum Gasteiger partial charge on any atom is -0.489 e. The van der Waals surface area contributed by atoms with Crippen molar-refractivity contribution in [3.63, 3.8) is 0 Å². The van der Waals surface area contributed by atoms with Gasteiger partial charge in [-0.05, 0) is 32.1 Å². The van der Waals surface area contributed by atoms with Crippen molar-refractivity contribution in [2.24, 2.45) is 0 Å². The van der Waals surface area contributed by atoms with Crippen LogP contribution in [0.15, 0.2) is 18.2 Å². The molecule has 4 heteroatoms. The molecule has 1 N–H and O–H groups in total. The van der Waals surface area contributed by atoms with E-state index in [9.17, 15) is 4.39 Å². The summed E-state index contributed by atoms with van der Waals surface area (Å²) in [4.78, 5) is 2.16. The molecule has 3 nitrogen and oxygen atoms in total. The van der Waals surface area contributed by atoms with E-state index in [-0.39, 0.29) is 5.82 Å². The molecule has 1 aromatic carbocycles. The molecule has 1 atom stereocenters. The summed E-state index contributed by atoms with van der Waals surface area (Å²) >= 11 is 0. The van der Waals surface area contributed by atoms with Crippen molar-refractivity contribution < 1.29 is 9.13 Å². The number of likely N-dealkylation sites (N-methyl/N-ethyl adjacent to an activating group) is 1. The molecule has 1 aromatic rings. The van der Waals surface area contributed by atoms with Gasteiger partial charge in [0.1, 0.15) is 18.2 Å². The molecule has 1 aliphatic heterocycles. The van der Waals surface area contributed by atoms with E-state index in [1.165, 1.54) is 12.1 Å². The summed E-state index contributed by atoms with van der Waals surface area (Å²) in [6.07, 6.45) is 1.02. The van der Waals surface area contributed by atoms with E-state index >= 15 is 0 Å². The Balaban J connectivity index is 2.15. The van der Waals surface area contributed by atoms with Crippen LogP contribution in [0.3, 0.4) is 0 Å². The fraction of sp³-hybridized carbons (Fsp3) is 0.500. The molecule has 1 unspecified atom stereocenters. The summed E-state index contributed by atoms with van der Waals surface area (Å²) in [5, 5.41) is 3.13. The molecule has 0 saturated heterocycles. The number of ether oxygens (including phenoxy) is 1. The molecule has 0 radical (unpaired) electrons. The van der Waals surface area contributed by atoms with Gasteiger partial charge in [-0.1, -0.05) is 0 Å². The van der Waals surface area contributed by atoms with Gasteiger partial charge in [0.2, 0.25) is 0 Å². The lowest BCUT2D eigenvalue weighted by Crippen LogP contribution is -2.41. The molecular weight excluding hydrogens is 207 g/mol. The second kappa shape index (κ2) is 4.70. The molecule has 0 aliphatic carbocycles. The van der Waals surface area contributed by atoms with Crippen LogP contribution in [0.2, 0.25) is 0 Å². The largest absolute Gasteiger partial charge is 0.489 e. The van der Waals surface area contributed by atoms with Gasteiger partial charge >= 0.3 is 0 Å². The van der Waals surface area contributed by atoms with Gasteiger partial charge in [0.25, 0.3) is 0 Å². The normalized spacial score (nSPS) is 19.2. The number of halogens is 1. The van der Waals surface area contributed by atoms with Gasteiger partial charge in [0.15, 0.2) is 0 Å². The summed E-state index contributed by atoms with van der Waals surface area (Å²) in [5.74, 6) is 0.393. The molecule has 1 heterocycles. The van der Waals surface area contributed by atoms with E-state index in [2.05, 4.69) is 10.2 Å². The highest BCUT2D eigenvalue weighted by Gasteiger charge is 2.24. The summed E-state index contributed by atoms with van der Waals surface area (Å²) in [7, 11) is 3.96. The number of nitrogens with zero attached hydrogens (tertiary/aromatic N) is 1. The first-order valence-corrected chi connectivity index (χ1v) is 5.52. The smallest absolute Gasteiger partial charge is 0.145 e. The van der Waals surface area contributed by atoms with Crippen LogP contribution >= 0.6 is 0 Å². The molecule has 0 amide bonds. The van der Waals surface area contributed by atoms with Crippen LogP contribution < -0.4 is 15.0 Å². The third kappa shape index (κ3) is 2.11. The number of benzene rings is 1. The Kier molecular flexibility index (Phi) is 3.29. The molecule has 88 valence electrons. The zero-order valence-corrected chi connectivity index (χ0v) is 9.66. The molecule has 0 saturated carbocycles. The minimum atomic E-state index is -0.249. The zero-order chi connectivity index (χ0) is 11.5. The van der Waals surface area contributed by atoms with E-state index in [4.69, 9.17) is 4.74 Å². The Morgan fingerprint density at radius 3 is 3.12 bits per heavy atom. The fourth-order valence-electron chi connectivity index (χ4n) is 1.98. The van der Waals surface area contributed by atoms with E-state index in [1.807, 2.05) is 14.1 Å². The summed E-state index contributed by atoms with van der Waals surface area (Å²) in [5.41, 5.74) is 0.966. The Morgan fingerprint density at radius 1 is 1.56 bits per heavy atom. The first kappa shape index (κ1) is 11.2. The van der Waals surface area contributed by atoms with Gasteiger partial charge in [-0.25, -0.2) is 4.39 Å². The van der Waals surface area contributed by atoms with Crippen molar-refractivity contribution in [1.82, 2.24) is 5.32 Å². The number of anilines is 1. The average Bonchev–Trinajstić information content (AvgIpc) is 2.28. The number of hydrogen-bond donors (Lipinski definition) is 1. The van der Waals surface area contributed by atoms with Crippen LogP contribution in [0, 0.1) is 5.82 Å². The lowest BCUT2D eigenvalue weighted by Gasteiger charge is -2.35. The van der Waals surface area contributed by atoms with Gasteiger partial charge in [-0.3, -0.25) is 0 Å². The lowest BCUT2D eigenvalue weighted by molar-refractivity contribution is 0.258. The SMILES string of the molecule is CNCCC1COc2cc(F)ccc2N1C. The predicted molar refractivity (Wildman–Crippen MR) is 62.6 cm³/mol. The van der Waals surface area contributed by atoms with Gasteiger partial charge in [0.05, 0.1) is 11.7 Å². The Labute approximate surface area is 95.2 Å². The quantitative estimate of drug-likeness (QED) is 0.844. The van der Waals surface area contributed by atoms with E-state index < -0.39 is 0 Å². The molecule has 0 aromatic heterocycles. The third-order valence-electron chi connectivity index (χ3n) is 3.01. The first-order chi connectivity index (χ1) is 7.72. The monoisotopic (exact) mass is 224 g/mol. The number of rotatable bonds is 3. The topological polar surface area (TPSA) is 24.5 Å². The van der Waals surface area contributed by atoms with Crippen molar-refractivity contribution in [2.45, 2.75) is 12.5 Å². The Hall–Kier alpha value is -1.29. The van der Waals surface area contributed by atoms with Crippen molar-refractivity contribution in [3.05, 3.63) is 24.0 Å². The van der Waals surface area contributed by atoms with Crippen molar-refractivity contribution in [3.8, 4) is 5.75 Å². The van der Waals surface area contributed by atoms with Gasteiger partial charge < -0.3 is 15.0 Å². The summed E-state index contributed by atoms with van der Waals surface area (Å²) in [6.45, 7) is 1.57. The number of nitrogens with one attached hydrogen (secondary N) is 1. The number of hydrogen-bond acceptors (Lipinski definition) is 3. The van der Waals surface area contributed by atoms with Crippen LogP contribution in [0.25, 0.3) is 0 Å². The van der Waals surface area contributed by atoms with Crippen LogP contribution in [-0.4, -0.2) is 33.3 Å². The molecule has 1 aliphatic rings. The maximum atomic E-state index is 13.0. The maximum absolute atomic E-state index is 13.0. The molecule has 0 spiro atoms. The maximum Gasteiger partial charge on any atom is 0.145 e. The average molecular weight is 224 g/mol. The number of fused-ring (bicyclic) bond motifs is 1. The Bertz CT molecular complexity index is 370. The van der Waals surface area contributed by atoms with Gasteiger partial charge in [-0.15, -0.1) is 0 Å². The highest BCUT2D eigenvalue weighted by molar-refractivity contribution is 5.60. The van der Waals surface area contributed by atoms with Crippen LogP contribution in [0.1, 0.15) is 6.42 Å². The van der Waals surface area contributed by atoms with Crippen molar-refractivity contribution in [1.29, 1.82) is 0 Å². The molecule has 2 rings (SSSR count). The van der Waals surface area contributed by atoms with Gasteiger partial charge in [0, 0.05) is 13.1 Å². The van der Waals surface area contributed by atoms with E-state index in [0.29, 0.717) is 18.4 Å². The van der Waals surface area contributed by atoms with E-state index in [0.717, 1.165) is 18.7 Å². The summed E-state index contributed by atoms with van der Waals surface area (Å²) in [6, 6.07) is 5.04. The van der Waals surface area contributed by atoms with Gasteiger partial charge in [-0.2, -0.15) is 0 Å². The molecule has 0 bridgehead atoms. The molecule has 0 fully saturated rings. The first-order valence-electron chi connectivity index (χ1n) is 5.52. The fourth-order valence-corrected chi connectivity index (χ4v) is 1.98. The van der Waals surface area contributed by atoms with Crippen LogP contribution in [0.5, 0.6) is 5.75 Å². The molecular formula is C12H17FN2O. The lowest BCUT2D eigenvalue weighted by atomic mass is 10.1. The van der Waals surface area contributed by atoms with Crippen molar-refractivity contribution >= 4 is 5.69 Å². The standard InChI is InChI=1S/C12H17FN2O/c1-14-6-5-10-8-16-12-7-9(13)3-4-11(12)15(10)2/h3-4,7,10,14H,5-6,8H2,1-2H3. The predicted octanol–water partition coefficient (Wildman–Crippen LogP) is 1.63. The highest BCUT2D eigenvalue weighted by atomic mass is 19.1. The minimum absolute atomic E-state index is 0.249. The van der Waals surface area contributed by atoms with E-state index in [1.54, 1.807) is 6.07 Å². The highest BCUT2D eigenvalue weighted by Crippen LogP contribution is 2.33. The van der Waals surface area contributed by atoms with Crippen molar-refractivity contribution in [2.75, 3.05) is 32.1 Å².